The average Bonchev–Trinajstić information content (AvgIpc) is 2.74. The lowest BCUT2D eigenvalue weighted by Gasteiger charge is -2.35. The van der Waals surface area contributed by atoms with Crippen molar-refractivity contribution in [3.05, 3.63) is 34.6 Å². The van der Waals surface area contributed by atoms with Gasteiger partial charge in [-0.2, -0.15) is 0 Å². The molecule has 1 heterocycles. The summed E-state index contributed by atoms with van der Waals surface area (Å²) in [5, 5.41) is 0.305. The van der Waals surface area contributed by atoms with Gasteiger partial charge in [0.15, 0.2) is 0 Å². The minimum absolute atomic E-state index is 0.0126. The zero-order valence-corrected chi connectivity index (χ0v) is 18.6. The first-order valence-corrected chi connectivity index (χ1v) is 11.0. The Labute approximate surface area is 182 Å². The standard InChI is InChI=1S/C22H31ClFN3O3/c1-3-10-25(11-4-2)20(28)6-5-7-21(29)26-12-14-27(15-13-26)22(30)18-16-17(23)8-9-19(18)24/h8-9,16H,3-7,10-15H2,1-2H3. The van der Waals surface area contributed by atoms with Gasteiger partial charge in [0.1, 0.15) is 5.82 Å². The summed E-state index contributed by atoms with van der Waals surface area (Å²) < 4.78 is 13.9. The van der Waals surface area contributed by atoms with E-state index in [1.54, 1.807) is 4.90 Å². The fraction of sp³-hybridized carbons (Fsp3) is 0.591. The van der Waals surface area contributed by atoms with Crippen LogP contribution in [0.5, 0.6) is 0 Å². The Balaban J connectivity index is 1.78. The molecule has 0 unspecified atom stereocenters. The van der Waals surface area contributed by atoms with Crippen molar-refractivity contribution in [3.8, 4) is 0 Å². The minimum atomic E-state index is -0.604. The van der Waals surface area contributed by atoms with E-state index >= 15 is 0 Å². The van der Waals surface area contributed by atoms with E-state index in [-0.39, 0.29) is 17.4 Å². The molecule has 8 heteroatoms. The van der Waals surface area contributed by atoms with Crippen molar-refractivity contribution < 1.29 is 18.8 Å². The summed E-state index contributed by atoms with van der Waals surface area (Å²) in [5.41, 5.74) is -0.0514. The van der Waals surface area contributed by atoms with Crippen LogP contribution in [0.1, 0.15) is 56.3 Å². The molecule has 1 aromatic carbocycles. The Kier molecular flexibility index (Phi) is 9.56. The molecule has 0 saturated carbocycles. The summed E-state index contributed by atoms with van der Waals surface area (Å²) in [6, 6.07) is 3.91. The number of carbonyl (C=O) groups is 3. The lowest BCUT2D eigenvalue weighted by atomic mass is 10.1. The Morgan fingerprint density at radius 3 is 2.20 bits per heavy atom. The fourth-order valence-corrected chi connectivity index (χ4v) is 3.77. The number of amides is 3. The highest BCUT2D eigenvalue weighted by Crippen LogP contribution is 2.18. The van der Waals surface area contributed by atoms with Crippen LogP contribution in [0.15, 0.2) is 18.2 Å². The normalized spacial score (nSPS) is 14.0. The molecule has 0 bridgehead atoms. The van der Waals surface area contributed by atoms with Crippen LogP contribution in [0.25, 0.3) is 0 Å². The summed E-state index contributed by atoms with van der Waals surface area (Å²) in [7, 11) is 0. The van der Waals surface area contributed by atoms with E-state index in [2.05, 4.69) is 0 Å². The molecule has 0 atom stereocenters. The molecular formula is C22H31ClFN3O3. The van der Waals surface area contributed by atoms with Crippen LogP contribution in [0.4, 0.5) is 4.39 Å². The van der Waals surface area contributed by atoms with Gasteiger partial charge in [-0.15, -0.1) is 0 Å². The highest BCUT2D eigenvalue weighted by Gasteiger charge is 2.26. The number of halogens is 2. The van der Waals surface area contributed by atoms with Crippen molar-refractivity contribution in [2.45, 2.75) is 46.0 Å². The van der Waals surface area contributed by atoms with Gasteiger partial charge in [0.05, 0.1) is 5.56 Å². The van der Waals surface area contributed by atoms with Gasteiger partial charge in [0, 0.05) is 57.1 Å². The molecule has 0 aromatic heterocycles. The van der Waals surface area contributed by atoms with Gasteiger partial charge in [-0.05, 0) is 37.5 Å². The third-order valence-electron chi connectivity index (χ3n) is 5.20. The summed E-state index contributed by atoms with van der Waals surface area (Å²) in [6.45, 7) is 7.09. The number of rotatable bonds is 9. The molecule has 0 radical (unpaired) electrons. The van der Waals surface area contributed by atoms with E-state index in [9.17, 15) is 18.8 Å². The predicted octanol–water partition coefficient (Wildman–Crippen LogP) is 3.58. The van der Waals surface area contributed by atoms with E-state index in [0.29, 0.717) is 50.5 Å². The average molecular weight is 440 g/mol. The van der Waals surface area contributed by atoms with Gasteiger partial charge in [-0.3, -0.25) is 14.4 Å². The van der Waals surface area contributed by atoms with Gasteiger partial charge in [-0.25, -0.2) is 4.39 Å². The van der Waals surface area contributed by atoms with Crippen LogP contribution < -0.4 is 0 Å². The van der Waals surface area contributed by atoms with E-state index in [1.165, 1.54) is 23.1 Å². The first-order valence-electron chi connectivity index (χ1n) is 10.7. The second-order valence-corrected chi connectivity index (χ2v) is 7.97. The third kappa shape index (κ3) is 6.69. The summed E-state index contributed by atoms with van der Waals surface area (Å²) in [5.74, 6) is -0.931. The first-order chi connectivity index (χ1) is 14.4. The van der Waals surface area contributed by atoms with Crippen LogP contribution in [0, 0.1) is 5.82 Å². The zero-order valence-electron chi connectivity index (χ0n) is 17.8. The van der Waals surface area contributed by atoms with Gasteiger partial charge in [0.25, 0.3) is 5.91 Å². The predicted molar refractivity (Wildman–Crippen MR) is 115 cm³/mol. The fourth-order valence-electron chi connectivity index (χ4n) is 3.60. The SMILES string of the molecule is CCCN(CCC)C(=O)CCCC(=O)N1CCN(C(=O)c2cc(Cl)ccc2F)CC1. The number of hydrogen-bond donors (Lipinski definition) is 0. The highest BCUT2D eigenvalue weighted by atomic mass is 35.5. The monoisotopic (exact) mass is 439 g/mol. The topological polar surface area (TPSA) is 60.9 Å². The van der Waals surface area contributed by atoms with E-state index in [4.69, 9.17) is 11.6 Å². The molecule has 1 aliphatic heterocycles. The highest BCUT2D eigenvalue weighted by molar-refractivity contribution is 6.31. The number of nitrogens with zero attached hydrogens (tertiary/aromatic N) is 3. The molecule has 2 rings (SSSR count). The van der Waals surface area contributed by atoms with Crippen molar-refractivity contribution in [2.24, 2.45) is 0 Å². The maximum absolute atomic E-state index is 13.9. The van der Waals surface area contributed by atoms with Crippen LogP contribution in [-0.2, 0) is 9.59 Å². The number of benzene rings is 1. The first kappa shape index (κ1) is 24.1. The number of hydrogen-bond acceptors (Lipinski definition) is 3. The maximum Gasteiger partial charge on any atom is 0.257 e. The Hall–Kier alpha value is -2.15. The molecule has 3 amide bonds. The molecule has 1 aliphatic rings. The molecule has 0 N–H and O–H groups in total. The van der Waals surface area contributed by atoms with Crippen LogP contribution in [0.3, 0.4) is 0 Å². The summed E-state index contributed by atoms with van der Waals surface area (Å²) in [6.07, 6.45) is 3.06. The number of piperazine rings is 1. The lowest BCUT2D eigenvalue weighted by Crippen LogP contribution is -2.50. The zero-order chi connectivity index (χ0) is 22.1. The molecule has 30 heavy (non-hydrogen) atoms. The number of carbonyl (C=O) groups excluding carboxylic acids is 3. The van der Waals surface area contributed by atoms with E-state index < -0.39 is 11.7 Å². The van der Waals surface area contributed by atoms with Crippen molar-refractivity contribution >= 4 is 29.3 Å². The van der Waals surface area contributed by atoms with Crippen molar-refractivity contribution in [1.82, 2.24) is 14.7 Å². The maximum atomic E-state index is 13.9. The van der Waals surface area contributed by atoms with Crippen molar-refractivity contribution in [3.63, 3.8) is 0 Å². The molecule has 1 fully saturated rings. The van der Waals surface area contributed by atoms with Crippen LogP contribution in [0.2, 0.25) is 5.02 Å². The van der Waals surface area contributed by atoms with Crippen molar-refractivity contribution in [2.75, 3.05) is 39.3 Å². The summed E-state index contributed by atoms with van der Waals surface area (Å²) in [4.78, 5) is 42.4. The molecule has 0 aliphatic carbocycles. The smallest absolute Gasteiger partial charge is 0.257 e. The second kappa shape index (κ2) is 11.9. The Morgan fingerprint density at radius 1 is 1.00 bits per heavy atom. The molecule has 6 nitrogen and oxygen atoms in total. The van der Waals surface area contributed by atoms with Gasteiger partial charge < -0.3 is 14.7 Å². The van der Waals surface area contributed by atoms with E-state index in [0.717, 1.165) is 25.9 Å². The molecule has 1 aromatic rings. The minimum Gasteiger partial charge on any atom is -0.343 e. The van der Waals surface area contributed by atoms with Gasteiger partial charge >= 0.3 is 0 Å². The van der Waals surface area contributed by atoms with Crippen LogP contribution in [-0.4, -0.2) is 71.7 Å². The third-order valence-corrected chi connectivity index (χ3v) is 5.43. The van der Waals surface area contributed by atoms with Crippen LogP contribution >= 0.6 is 11.6 Å². The molecule has 1 saturated heterocycles. The van der Waals surface area contributed by atoms with Crippen molar-refractivity contribution in [1.29, 1.82) is 0 Å². The quantitative estimate of drug-likeness (QED) is 0.590. The second-order valence-electron chi connectivity index (χ2n) is 7.53. The molecule has 0 spiro atoms. The lowest BCUT2D eigenvalue weighted by molar-refractivity contribution is -0.133. The summed E-state index contributed by atoms with van der Waals surface area (Å²) >= 11 is 5.87. The Bertz CT molecular complexity index is 745. The largest absolute Gasteiger partial charge is 0.343 e. The molecular weight excluding hydrogens is 409 g/mol. The molecule has 166 valence electrons. The Morgan fingerprint density at radius 2 is 1.60 bits per heavy atom. The van der Waals surface area contributed by atoms with E-state index in [1.807, 2.05) is 18.7 Å². The van der Waals surface area contributed by atoms with Gasteiger partial charge in [0.2, 0.25) is 11.8 Å². The van der Waals surface area contributed by atoms with Gasteiger partial charge in [-0.1, -0.05) is 25.4 Å².